The fraction of sp³-hybridized carbons (Fsp3) is 0.950. The van der Waals surface area contributed by atoms with Crippen molar-refractivity contribution < 1.29 is 14.6 Å². The zero-order chi connectivity index (χ0) is 18.1. The molecule has 2 atom stereocenters. The molecule has 0 bridgehead atoms. The molecule has 4 rings (SSSR count). The Labute approximate surface area is 157 Å². The molecule has 4 fully saturated rings. The van der Waals surface area contributed by atoms with Crippen molar-refractivity contribution in [3.8, 4) is 0 Å². The van der Waals surface area contributed by atoms with Gasteiger partial charge < -0.3 is 14.7 Å². The van der Waals surface area contributed by atoms with Gasteiger partial charge in [-0.05, 0) is 69.9 Å². The number of amides is 1. The van der Waals surface area contributed by atoms with E-state index in [4.69, 9.17) is 4.74 Å². The summed E-state index contributed by atoms with van der Waals surface area (Å²) < 4.78 is 4.86. The van der Waals surface area contributed by atoms with Gasteiger partial charge in [-0.25, -0.2) is 4.79 Å². The van der Waals surface area contributed by atoms with Crippen LogP contribution in [-0.2, 0) is 4.74 Å². The van der Waals surface area contributed by atoms with Crippen LogP contribution < -0.4 is 0 Å². The summed E-state index contributed by atoms with van der Waals surface area (Å²) in [5.74, 6) is 0. The lowest BCUT2D eigenvalue weighted by atomic mass is 9.67. The number of likely N-dealkylation sites (tertiary alicyclic amines) is 3. The number of methoxy groups -OCH3 is 1. The third kappa shape index (κ3) is 3.60. The smallest absolute Gasteiger partial charge is 0.409 e. The Morgan fingerprint density at radius 3 is 2.23 bits per heavy atom. The summed E-state index contributed by atoms with van der Waals surface area (Å²) in [6.45, 7) is 5.93. The number of hydrogen-bond donors (Lipinski definition) is 1. The van der Waals surface area contributed by atoms with Crippen LogP contribution in [0.3, 0.4) is 0 Å². The Morgan fingerprint density at radius 2 is 1.62 bits per heavy atom. The highest BCUT2D eigenvalue weighted by Gasteiger charge is 2.43. The SMILES string of the molecule is COC(=O)N1CCC2(CCC(N3C[C@@H](O)[C@H](N4CCCC4)C3)CC2)CC1. The maximum atomic E-state index is 11.7. The third-order valence-electron chi connectivity index (χ3n) is 7.69. The zero-order valence-corrected chi connectivity index (χ0v) is 16.2. The van der Waals surface area contributed by atoms with Crippen molar-refractivity contribution in [3.05, 3.63) is 0 Å². The topological polar surface area (TPSA) is 56.3 Å². The second-order valence-corrected chi connectivity index (χ2v) is 9.02. The van der Waals surface area contributed by atoms with Crippen LogP contribution in [-0.4, -0.2) is 90.5 Å². The van der Waals surface area contributed by atoms with Crippen molar-refractivity contribution in [2.24, 2.45) is 5.41 Å². The van der Waals surface area contributed by atoms with Crippen molar-refractivity contribution in [1.82, 2.24) is 14.7 Å². The standard InChI is InChI=1S/C20H35N3O3/c1-26-19(25)22-12-8-20(9-13-22)6-4-16(5-7-20)23-14-17(18(24)15-23)21-10-2-3-11-21/h16-18,24H,2-15H2,1H3/t17-,18-/m1/s1. The molecule has 6 nitrogen and oxygen atoms in total. The van der Waals surface area contributed by atoms with Gasteiger partial charge in [-0.15, -0.1) is 0 Å². The van der Waals surface area contributed by atoms with Crippen LogP contribution in [0.5, 0.6) is 0 Å². The Hall–Kier alpha value is -0.850. The van der Waals surface area contributed by atoms with Gasteiger partial charge in [-0.3, -0.25) is 9.80 Å². The average Bonchev–Trinajstić information content (AvgIpc) is 3.32. The first kappa shape index (κ1) is 18.5. The first-order valence-corrected chi connectivity index (χ1v) is 10.6. The molecular weight excluding hydrogens is 330 g/mol. The predicted molar refractivity (Wildman–Crippen MR) is 100 cm³/mol. The first-order chi connectivity index (χ1) is 12.6. The summed E-state index contributed by atoms with van der Waals surface area (Å²) in [5.41, 5.74) is 0.438. The molecule has 3 aliphatic heterocycles. The molecule has 0 unspecified atom stereocenters. The first-order valence-electron chi connectivity index (χ1n) is 10.6. The van der Waals surface area contributed by atoms with E-state index in [-0.39, 0.29) is 12.2 Å². The summed E-state index contributed by atoms with van der Waals surface area (Å²) in [5, 5.41) is 10.6. The van der Waals surface area contributed by atoms with Gasteiger partial charge in [0.05, 0.1) is 13.2 Å². The number of ether oxygens (including phenoxy) is 1. The molecule has 1 N–H and O–H groups in total. The molecule has 1 spiro atoms. The number of carbonyl (C=O) groups excluding carboxylic acids is 1. The second-order valence-electron chi connectivity index (χ2n) is 9.02. The molecule has 1 saturated carbocycles. The van der Waals surface area contributed by atoms with E-state index >= 15 is 0 Å². The van der Waals surface area contributed by atoms with E-state index in [2.05, 4.69) is 9.80 Å². The summed E-state index contributed by atoms with van der Waals surface area (Å²) in [6.07, 6.45) is 9.51. The van der Waals surface area contributed by atoms with Crippen LogP contribution >= 0.6 is 0 Å². The number of carbonyl (C=O) groups is 1. The largest absolute Gasteiger partial charge is 0.453 e. The summed E-state index contributed by atoms with van der Waals surface area (Å²) >= 11 is 0. The van der Waals surface area contributed by atoms with Gasteiger partial charge in [-0.1, -0.05) is 0 Å². The molecule has 4 aliphatic rings. The van der Waals surface area contributed by atoms with Crippen LogP contribution in [0.15, 0.2) is 0 Å². The molecular formula is C20H35N3O3. The van der Waals surface area contributed by atoms with E-state index in [1.54, 1.807) is 0 Å². The summed E-state index contributed by atoms with van der Waals surface area (Å²) in [4.78, 5) is 18.6. The zero-order valence-electron chi connectivity index (χ0n) is 16.2. The number of piperidine rings is 1. The number of β-amino-alcohol motifs (C(OH)–C–C–N with tert-alkyl or cyclic N) is 1. The van der Waals surface area contributed by atoms with Crippen LogP contribution in [0.25, 0.3) is 0 Å². The van der Waals surface area contributed by atoms with E-state index in [0.29, 0.717) is 17.5 Å². The van der Waals surface area contributed by atoms with Gasteiger partial charge >= 0.3 is 6.09 Å². The minimum atomic E-state index is -0.174. The van der Waals surface area contributed by atoms with Crippen LogP contribution in [0.2, 0.25) is 0 Å². The summed E-state index contributed by atoms with van der Waals surface area (Å²) in [7, 11) is 1.47. The number of rotatable bonds is 2. The van der Waals surface area contributed by atoms with E-state index in [0.717, 1.165) is 39.0 Å². The second kappa shape index (κ2) is 7.64. The van der Waals surface area contributed by atoms with Gasteiger partial charge in [0.25, 0.3) is 0 Å². The number of hydrogen-bond acceptors (Lipinski definition) is 5. The minimum Gasteiger partial charge on any atom is -0.453 e. The highest BCUT2D eigenvalue weighted by atomic mass is 16.5. The van der Waals surface area contributed by atoms with E-state index in [9.17, 15) is 9.90 Å². The van der Waals surface area contributed by atoms with E-state index in [1.807, 2.05) is 4.90 Å². The third-order valence-corrected chi connectivity index (χ3v) is 7.69. The Morgan fingerprint density at radius 1 is 0.962 bits per heavy atom. The van der Waals surface area contributed by atoms with Crippen molar-refractivity contribution in [2.75, 3.05) is 46.4 Å². The molecule has 148 valence electrons. The van der Waals surface area contributed by atoms with Gasteiger partial charge in [0, 0.05) is 38.3 Å². The maximum Gasteiger partial charge on any atom is 0.409 e. The Bertz CT molecular complexity index is 491. The van der Waals surface area contributed by atoms with Gasteiger partial charge in [0.15, 0.2) is 0 Å². The Kier molecular flexibility index (Phi) is 5.44. The lowest BCUT2D eigenvalue weighted by Gasteiger charge is -2.47. The molecule has 1 aliphatic carbocycles. The highest BCUT2D eigenvalue weighted by molar-refractivity contribution is 5.67. The molecule has 0 aromatic heterocycles. The molecule has 0 aromatic rings. The molecule has 0 radical (unpaired) electrons. The highest BCUT2D eigenvalue weighted by Crippen LogP contribution is 2.46. The molecule has 3 saturated heterocycles. The Balaban J connectivity index is 1.27. The quantitative estimate of drug-likeness (QED) is 0.810. The molecule has 26 heavy (non-hydrogen) atoms. The molecule has 1 amide bonds. The van der Waals surface area contributed by atoms with Gasteiger partial charge in [0.1, 0.15) is 0 Å². The number of aliphatic hydroxyl groups excluding tert-OH is 1. The number of aliphatic hydroxyl groups is 1. The van der Waals surface area contributed by atoms with E-state index < -0.39 is 0 Å². The normalized spacial score (nSPS) is 33.8. The van der Waals surface area contributed by atoms with Gasteiger partial charge in [-0.2, -0.15) is 0 Å². The van der Waals surface area contributed by atoms with Crippen molar-refractivity contribution >= 4 is 6.09 Å². The minimum absolute atomic E-state index is 0.174. The lowest BCUT2D eigenvalue weighted by molar-refractivity contribution is 0.0326. The van der Waals surface area contributed by atoms with Crippen molar-refractivity contribution in [2.45, 2.75) is 69.6 Å². The monoisotopic (exact) mass is 365 g/mol. The molecule has 6 heteroatoms. The van der Waals surface area contributed by atoms with Gasteiger partial charge in [0.2, 0.25) is 0 Å². The molecule has 0 aromatic carbocycles. The van der Waals surface area contributed by atoms with Crippen molar-refractivity contribution in [3.63, 3.8) is 0 Å². The molecule has 3 heterocycles. The fourth-order valence-electron chi connectivity index (χ4n) is 5.90. The van der Waals surface area contributed by atoms with Crippen molar-refractivity contribution in [1.29, 1.82) is 0 Å². The number of nitrogens with zero attached hydrogens (tertiary/aromatic N) is 3. The van der Waals surface area contributed by atoms with E-state index in [1.165, 1.54) is 58.7 Å². The van der Waals surface area contributed by atoms with Crippen LogP contribution in [0.4, 0.5) is 4.79 Å². The van der Waals surface area contributed by atoms with Crippen LogP contribution in [0.1, 0.15) is 51.4 Å². The predicted octanol–water partition coefficient (Wildman–Crippen LogP) is 1.92. The average molecular weight is 366 g/mol. The summed E-state index contributed by atoms with van der Waals surface area (Å²) in [6, 6.07) is 0.998. The lowest BCUT2D eigenvalue weighted by Crippen LogP contribution is -2.47. The fourth-order valence-corrected chi connectivity index (χ4v) is 5.90. The van der Waals surface area contributed by atoms with Crippen LogP contribution in [0, 0.1) is 5.41 Å². The maximum absolute atomic E-state index is 11.7.